The van der Waals surface area contributed by atoms with E-state index in [0.29, 0.717) is 24.7 Å². The molecule has 0 amide bonds. The normalized spacial score (nSPS) is 11.1. The molecular formula is C38H36N2O5. The van der Waals surface area contributed by atoms with Crippen LogP contribution in [0.15, 0.2) is 106 Å². The van der Waals surface area contributed by atoms with E-state index in [9.17, 15) is 0 Å². The summed E-state index contributed by atoms with van der Waals surface area (Å²) in [5.74, 6) is 3.03. The molecular weight excluding hydrogens is 564 g/mol. The van der Waals surface area contributed by atoms with Crippen LogP contribution in [0.3, 0.4) is 0 Å². The maximum Gasteiger partial charge on any atom is 0.163 e. The number of aromatic nitrogens is 2. The van der Waals surface area contributed by atoms with E-state index in [0.717, 1.165) is 67.4 Å². The van der Waals surface area contributed by atoms with Crippen LogP contribution in [0, 0.1) is 27.7 Å². The fraction of sp³-hybridized carbons (Fsp3) is 0.211. The number of aryl methyl sites for hydroxylation is 4. The van der Waals surface area contributed by atoms with Gasteiger partial charge in [-0.1, -0.05) is 71.0 Å². The highest BCUT2D eigenvalue weighted by Crippen LogP contribution is 2.32. The topological polar surface area (TPSA) is 79.8 Å². The summed E-state index contributed by atoms with van der Waals surface area (Å²) in [5, 5.41) is 8.55. The second-order valence-corrected chi connectivity index (χ2v) is 11.3. The van der Waals surface area contributed by atoms with E-state index in [-0.39, 0.29) is 13.2 Å². The summed E-state index contributed by atoms with van der Waals surface area (Å²) < 4.78 is 29.3. The predicted octanol–water partition coefficient (Wildman–Crippen LogP) is 9.11. The molecule has 0 N–H and O–H groups in total. The van der Waals surface area contributed by atoms with Gasteiger partial charge in [-0.05, 0) is 85.3 Å². The van der Waals surface area contributed by atoms with Gasteiger partial charge in [0.2, 0.25) is 0 Å². The third-order valence-corrected chi connectivity index (χ3v) is 7.57. The standard InChI is InChI=1S/C38H36N2O5/c1-25-15-31(16-26(2)37(25)42-21-29-11-7-5-8-12-29)35-19-33(44-39-35)23-41-24-34-20-36(40-45-34)32-17-27(3)38(28(4)18-32)43-22-30-13-9-6-10-14-30/h5-20H,21-24H2,1-4H3. The van der Waals surface area contributed by atoms with Gasteiger partial charge in [0.15, 0.2) is 11.5 Å². The molecule has 6 aromatic rings. The Balaban J connectivity index is 1.03. The van der Waals surface area contributed by atoms with Crippen molar-refractivity contribution in [2.75, 3.05) is 0 Å². The van der Waals surface area contributed by atoms with Crippen molar-refractivity contribution in [3.8, 4) is 34.0 Å². The van der Waals surface area contributed by atoms with Crippen LogP contribution < -0.4 is 9.47 Å². The van der Waals surface area contributed by atoms with E-state index in [1.807, 2.05) is 76.2 Å². The number of benzene rings is 4. The summed E-state index contributed by atoms with van der Waals surface area (Å²) in [6, 6.07) is 32.4. The molecule has 2 aromatic heterocycles. The molecule has 0 aliphatic rings. The zero-order valence-electron chi connectivity index (χ0n) is 26.0. The van der Waals surface area contributed by atoms with Gasteiger partial charge in [0.25, 0.3) is 0 Å². The van der Waals surface area contributed by atoms with Crippen molar-refractivity contribution < 1.29 is 23.3 Å². The van der Waals surface area contributed by atoms with Crippen LogP contribution in [-0.4, -0.2) is 10.3 Å². The van der Waals surface area contributed by atoms with Gasteiger partial charge in [-0.15, -0.1) is 0 Å². The third kappa shape index (κ3) is 7.33. The van der Waals surface area contributed by atoms with Gasteiger partial charge in [-0.3, -0.25) is 0 Å². The molecule has 0 saturated carbocycles. The van der Waals surface area contributed by atoms with E-state index < -0.39 is 0 Å². The van der Waals surface area contributed by atoms with Crippen LogP contribution in [0.4, 0.5) is 0 Å². The Bertz CT molecular complexity index is 1690. The molecule has 45 heavy (non-hydrogen) atoms. The van der Waals surface area contributed by atoms with Crippen LogP contribution in [-0.2, 0) is 31.2 Å². The van der Waals surface area contributed by atoms with Crippen LogP contribution in [0.1, 0.15) is 44.9 Å². The molecule has 0 aliphatic carbocycles. The lowest BCUT2D eigenvalue weighted by Crippen LogP contribution is -1.99. The summed E-state index contributed by atoms with van der Waals surface area (Å²) in [4.78, 5) is 0. The Morgan fingerprint density at radius 1 is 0.489 bits per heavy atom. The molecule has 7 heteroatoms. The van der Waals surface area contributed by atoms with Crippen LogP contribution >= 0.6 is 0 Å². The minimum atomic E-state index is 0.255. The second-order valence-electron chi connectivity index (χ2n) is 11.3. The molecule has 0 aliphatic heterocycles. The van der Waals surface area contributed by atoms with Crippen molar-refractivity contribution in [3.05, 3.63) is 142 Å². The smallest absolute Gasteiger partial charge is 0.163 e. The van der Waals surface area contributed by atoms with Crippen molar-refractivity contribution in [2.24, 2.45) is 0 Å². The van der Waals surface area contributed by atoms with E-state index in [1.165, 1.54) is 0 Å². The lowest BCUT2D eigenvalue weighted by molar-refractivity contribution is 0.0727. The van der Waals surface area contributed by atoms with Gasteiger partial charge in [0.1, 0.15) is 49.3 Å². The number of hydrogen-bond donors (Lipinski definition) is 0. The van der Waals surface area contributed by atoms with E-state index in [4.69, 9.17) is 23.3 Å². The first kappa shape index (κ1) is 29.9. The third-order valence-electron chi connectivity index (χ3n) is 7.57. The van der Waals surface area contributed by atoms with Gasteiger partial charge in [0.05, 0.1) is 0 Å². The van der Waals surface area contributed by atoms with Crippen LogP contribution in [0.2, 0.25) is 0 Å². The van der Waals surface area contributed by atoms with Gasteiger partial charge >= 0.3 is 0 Å². The lowest BCUT2D eigenvalue weighted by atomic mass is 10.0. The molecule has 2 heterocycles. The molecule has 0 atom stereocenters. The average Bonchev–Trinajstić information content (AvgIpc) is 3.72. The van der Waals surface area contributed by atoms with E-state index in [1.54, 1.807) is 0 Å². The molecule has 0 bridgehead atoms. The van der Waals surface area contributed by atoms with Crippen molar-refractivity contribution in [1.29, 1.82) is 0 Å². The van der Waals surface area contributed by atoms with Crippen molar-refractivity contribution in [3.63, 3.8) is 0 Å². The summed E-state index contributed by atoms with van der Waals surface area (Å²) in [6.45, 7) is 9.74. The first-order chi connectivity index (χ1) is 21.9. The minimum Gasteiger partial charge on any atom is -0.488 e. The zero-order valence-corrected chi connectivity index (χ0v) is 26.0. The molecule has 0 saturated heterocycles. The summed E-state index contributed by atoms with van der Waals surface area (Å²) in [5.41, 5.74) is 9.87. The van der Waals surface area contributed by atoms with Gasteiger partial charge in [-0.25, -0.2) is 0 Å². The van der Waals surface area contributed by atoms with Crippen molar-refractivity contribution in [1.82, 2.24) is 10.3 Å². The maximum absolute atomic E-state index is 6.13. The molecule has 0 radical (unpaired) electrons. The number of nitrogens with zero attached hydrogens (tertiary/aromatic N) is 2. The highest BCUT2D eigenvalue weighted by Gasteiger charge is 2.15. The van der Waals surface area contributed by atoms with E-state index in [2.05, 4.69) is 58.8 Å². The quantitative estimate of drug-likeness (QED) is 0.139. The monoisotopic (exact) mass is 600 g/mol. The van der Waals surface area contributed by atoms with Gasteiger partial charge < -0.3 is 23.3 Å². The Morgan fingerprint density at radius 2 is 0.867 bits per heavy atom. The van der Waals surface area contributed by atoms with E-state index >= 15 is 0 Å². The highest BCUT2D eigenvalue weighted by molar-refractivity contribution is 5.65. The SMILES string of the molecule is Cc1cc(-c2cc(COCc3cc(-c4cc(C)c(OCc5ccccc5)c(C)c4)no3)on2)cc(C)c1OCc1ccccc1. The maximum atomic E-state index is 6.13. The summed E-state index contributed by atoms with van der Waals surface area (Å²) >= 11 is 0. The molecule has 7 nitrogen and oxygen atoms in total. The number of rotatable bonds is 12. The van der Waals surface area contributed by atoms with Crippen LogP contribution in [0.5, 0.6) is 11.5 Å². The molecule has 4 aromatic carbocycles. The predicted molar refractivity (Wildman–Crippen MR) is 173 cm³/mol. The molecule has 0 fully saturated rings. The fourth-order valence-electron chi connectivity index (χ4n) is 5.40. The Morgan fingerprint density at radius 3 is 1.24 bits per heavy atom. The minimum absolute atomic E-state index is 0.255. The summed E-state index contributed by atoms with van der Waals surface area (Å²) in [6.07, 6.45) is 0. The van der Waals surface area contributed by atoms with Gasteiger partial charge in [-0.2, -0.15) is 0 Å². The Labute approximate surface area is 263 Å². The summed E-state index contributed by atoms with van der Waals surface area (Å²) in [7, 11) is 0. The van der Waals surface area contributed by atoms with Crippen molar-refractivity contribution in [2.45, 2.75) is 54.1 Å². The molecule has 228 valence electrons. The van der Waals surface area contributed by atoms with Gasteiger partial charge in [0, 0.05) is 23.3 Å². The average molecular weight is 601 g/mol. The van der Waals surface area contributed by atoms with Crippen molar-refractivity contribution >= 4 is 0 Å². The molecule has 6 rings (SSSR count). The second kappa shape index (κ2) is 13.7. The lowest BCUT2D eigenvalue weighted by Gasteiger charge is -2.13. The number of ether oxygens (including phenoxy) is 3. The fourth-order valence-corrected chi connectivity index (χ4v) is 5.40. The van der Waals surface area contributed by atoms with Crippen LogP contribution in [0.25, 0.3) is 22.5 Å². The highest BCUT2D eigenvalue weighted by atomic mass is 16.5. The largest absolute Gasteiger partial charge is 0.488 e. The molecule has 0 unspecified atom stereocenters. The Kier molecular flexibility index (Phi) is 9.08. The number of hydrogen-bond acceptors (Lipinski definition) is 7. The Hall–Kier alpha value is -5.14. The molecule has 0 spiro atoms. The zero-order chi connectivity index (χ0) is 31.2. The first-order valence-corrected chi connectivity index (χ1v) is 15.0. The first-order valence-electron chi connectivity index (χ1n) is 15.0.